The van der Waals surface area contributed by atoms with E-state index in [1.165, 1.54) is 19.3 Å². The van der Waals surface area contributed by atoms with Crippen molar-refractivity contribution in [1.82, 2.24) is 9.55 Å². The van der Waals surface area contributed by atoms with Gasteiger partial charge in [0.05, 0.1) is 5.56 Å². The van der Waals surface area contributed by atoms with Gasteiger partial charge in [0, 0.05) is 23.3 Å². The Morgan fingerprint density at radius 1 is 1.44 bits per heavy atom. The van der Waals surface area contributed by atoms with E-state index in [1.807, 2.05) is 13.0 Å². The first-order valence-electron chi connectivity index (χ1n) is 5.74. The third-order valence-corrected chi connectivity index (χ3v) is 3.44. The highest BCUT2D eigenvalue weighted by Gasteiger charge is 2.22. The van der Waals surface area contributed by atoms with Gasteiger partial charge < -0.3 is 4.57 Å². The highest BCUT2D eigenvalue weighted by Crippen LogP contribution is 2.35. The molecule has 0 aliphatic heterocycles. The minimum absolute atomic E-state index is 0.610. The summed E-state index contributed by atoms with van der Waals surface area (Å²) in [5, 5.41) is 1.11. The molecule has 1 fully saturated rings. The topological polar surface area (TPSA) is 17.8 Å². The lowest BCUT2D eigenvalue weighted by atomic mass is 9.93. The molecule has 2 aromatic heterocycles. The average Bonchev–Trinajstić information content (AvgIpc) is 2.54. The van der Waals surface area contributed by atoms with Gasteiger partial charge in [0.2, 0.25) is 0 Å². The molecule has 0 atom stereocenters. The summed E-state index contributed by atoms with van der Waals surface area (Å²) >= 11 is 0. The third kappa shape index (κ3) is 1.25. The number of fused-ring (bicyclic) bond motifs is 1. The number of nitrogens with zero attached hydrogens (tertiary/aromatic N) is 2. The molecule has 0 aromatic carbocycles. The average molecular weight is 210 g/mol. The minimum atomic E-state index is 0.610. The van der Waals surface area contributed by atoms with Gasteiger partial charge in [0.25, 0.3) is 0 Å². The Morgan fingerprint density at radius 2 is 2.25 bits per heavy atom. The van der Waals surface area contributed by atoms with Crippen molar-refractivity contribution >= 4 is 11.0 Å². The van der Waals surface area contributed by atoms with Gasteiger partial charge in [-0.05, 0) is 38.3 Å². The number of rotatable bonds is 1. The molecule has 0 spiro atoms. The Kier molecular flexibility index (Phi) is 2.00. The van der Waals surface area contributed by atoms with Gasteiger partial charge >= 0.3 is 0 Å². The molecule has 0 bridgehead atoms. The van der Waals surface area contributed by atoms with Crippen LogP contribution in [0.15, 0.2) is 18.3 Å². The molecule has 1 aliphatic rings. The Labute approximate surface area is 95.3 Å². The molecule has 0 radical (unpaired) electrons. The van der Waals surface area contributed by atoms with Gasteiger partial charge in [0.1, 0.15) is 5.65 Å². The smallest absolute Gasteiger partial charge is 0.141 e. The second-order valence-corrected chi connectivity index (χ2v) is 4.50. The maximum atomic E-state index is 5.54. The highest BCUT2D eigenvalue weighted by molar-refractivity contribution is 5.84. The summed E-state index contributed by atoms with van der Waals surface area (Å²) in [5.74, 6) is 2.75. The first-order valence-corrected chi connectivity index (χ1v) is 5.74. The van der Waals surface area contributed by atoms with Gasteiger partial charge in [-0.1, -0.05) is 5.92 Å². The molecular formula is C14H14N2. The van der Waals surface area contributed by atoms with Crippen molar-refractivity contribution in [1.29, 1.82) is 0 Å². The fraction of sp³-hybridized carbons (Fsp3) is 0.357. The normalized spacial score (nSPS) is 16.0. The fourth-order valence-electron chi connectivity index (χ4n) is 2.28. The van der Waals surface area contributed by atoms with Crippen LogP contribution in [0, 0.1) is 19.3 Å². The Morgan fingerprint density at radius 3 is 2.88 bits per heavy atom. The lowest BCUT2D eigenvalue weighted by molar-refractivity contribution is 0.320. The molecule has 2 heterocycles. The van der Waals surface area contributed by atoms with Crippen molar-refractivity contribution in [2.45, 2.75) is 32.2 Å². The van der Waals surface area contributed by atoms with Gasteiger partial charge in [0.15, 0.2) is 0 Å². The van der Waals surface area contributed by atoms with Crippen molar-refractivity contribution < 1.29 is 0 Å². The SMILES string of the molecule is C#Cc1cn(C2CCC2)c2nc(C)ccc12. The molecule has 0 N–H and O–H groups in total. The number of aryl methyl sites for hydroxylation is 1. The van der Waals surface area contributed by atoms with Crippen LogP contribution < -0.4 is 0 Å². The van der Waals surface area contributed by atoms with Gasteiger partial charge in [-0.2, -0.15) is 0 Å². The third-order valence-electron chi connectivity index (χ3n) is 3.44. The summed E-state index contributed by atoms with van der Waals surface area (Å²) in [5.41, 5.74) is 3.07. The zero-order chi connectivity index (χ0) is 11.1. The largest absolute Gasteiger partial charge is 0.328 e. The summed E-state index contributed by atoms with van der Waals surface area (Å²) in [6.07, 6.45) is 11.4. The van der Waals surface area contributed by atoms with E-state index in [4.69, 9.17) is 6.42 Å². The first kappa shape index (κ1) is 9.47. The summed E-state index contributed by atoms with van der Waals surface area (Å²) in [4.78, 5) is 4.61. The van der Waals surface area contributed by atoms with Gasteiger partial charge in [-0.15, -0.1) is 6.42 Å². The van der Waals surface area contributed by atoms with E-state index in [9.17, 15) is 0 Å². The van der Waals surface area contributed by atoms with E-state index in [2.05, 4.69) is 27.7 Å². The Hall–Kier alpha value is -1.75. The highest BCUT2D eigenvalue weighted by atomic mass is 15.1. The number of terminal acetylenes is 1. The number of pyridine rings is 1. The van der Waals surface area contributed by atoms with Crippen LogP contribution in [-0.2, 0) is 0 Å². The predicted molar refractivity (Wildman–Crippen MR) is 65.3 cm³/mol. The van der Waals surface area contributed by atoms with Crippen LogP contribution in [0.2, 0.25) is 0 Å². The molecule has 0 unspecified atom stereocenters. The monoisotopic (exact) mass is 210 g/mol. The molecule has 2 heteroatoms. The van der Waals surface area contributed by atoms with E-state index in [1.54, 1.807) is 0 Å². The van der Waals surface area contributed by atoms with Crippen LogP contribution in [0.5, 0.6) is 0 Å². The molecule has 1 saturated carbocycles. The molecular weight excluding hydrogens is 196 g/mol. The maximum Gasteiger partial charge on any atom is 0.141 e. The van der Waals surface area contributed by atoms with Crippen LogP contribution in [0.1, 0.15) is 36.6 Å². The molecule has 80 valence electrons. The van der Waals surface area contributed by atoms with Gasteiger partial charge in [-0.3, -0.25) is 0 Å². The van der Waals surface area contributed by atoms with E-state index >= 15 is 0 Å². The first-order chi connectivity index (χ1) is 7.79. The van der Waals surface area contributed by atoms with E-state index in [-0.39, 0.29) is 0 Å². The van der Waals surface area contributed by atoms with E-state index in [0.29, 0.717) is 6.04 Å². The summed E-state index contributed by atoms with van der Waals surface area (Å²) < 4.78 is 2.26. The Bertz CT molecular complexity index is 583. The number of hydrogen-bond acceptors (Lipinski definition) is 1. The molecule has 1 aliphatic carbocycles. The van der Waals surface area contributed by atoms with Crippen molar-refractivity contribution in [2.24, 2.45) is 0 Å². The van der Waals surface area contributed by atoms with Crippen molar-refractivity contribution in [3.8, 4) is 12.3 Å². The van der Waals surface area contributed by atoms with Crippen molar-refractivity contribution in [3.63, 3.8) is 0 Å². The summed E-state index contributed by atoms with van der Waals surface area (Å²) in [6.45, 7) is 2.02. The Balaban J connectivity index is 2.27. The standard InChI is InChI=1S/C14H14N2/c1-3-11-9-16(12-5-4-6-12)14-13(11)8-7-10(2)15-14/h1,7-9,12H,4-6H2,2H3. The van der Waals surface area contributed by atoms with Crippen LogP contribution >= 0.6 is 0 Å². The van der Waals surface area contributed by atoms with E-state index in [0.717, 1.165) is 22.3 Å². The zero-order valence-corrected chi connectivity index (χ0v) is 9.40. The maximum absolute atomic E-state index is 5.54. The molecule has 2 nitrogen and oxygen atoms in total. The summed E-state index contributed by atoms with van der Waals surface area (Å²) in [6, 6.07) is 4.72. The van der Waals surface area contributed by atoms with Crippen LogP contribution in [0.4, 0.5) is 0 Å². The fourth-order valence-corrected chi connectivity index (χ4v) is 2.28. The molecule has 2 aromatic rings. The van der Waals surface area contributed by atoms with Crippen molar-refractivity contribution in [3.05, 3.63) is 29.6 Å². The lowest BCUT2D eigenvalue weighted by Crippen LogP contribution is -2.16. The van der Waals surface area contributed by atoms with Crippen LogP contribution in [-0.4, -0.2) is 9.55 Å². The minimum Gasteiger partial charge on any atom is -0.328 e. The quantitative estimate of drug-likeness (QED) is 0.661. The van der Waals surface area contributed by atoms with Gasteiger partial charge in [-0.25, -0.2) is 4.98 Å². The predicted octanol–water partition coefficient (Wildman–Crippen LogP) is 3.05. The van der Waals surface area contributed by atoms with Crippen LogP contribution in [0.25, 0.3) is 11.0 Å². The molecule has 0 saturated heterocycles. The summed E-state index contributed by atoms with van der Waals surface area (Å²) in [7, 11) is 0. The molecule has 0 amide bonds. The van der Waals surface area contributed by atoms with Crippen LogP contribution in [0.3, 0.4) is 0 Å². The van der Waals surface area contributed by atoms with E-state index < -0.39 is 0 Å². The number of hydrogen-bond donors (Lipinski definition) is 0. The number of aromatic nitrogens is 2. The molecule has 16 heavy (non-hydrogen) atoms. The second-order valence-electron chi connectivity index (χ2n) is 4.50. The molecule has 3 rings (SSSR count). The van der Waals surface area contributed by atoms with Crippen molar-refractivity contribution in [2.75, 3.05) is 0 Å². The second kappa shape index (κ2) is 3.38. The zero-order valence-electron chi connectivity index (χ0n) is 9.40. The lowest BCUT2D eigenvalue weighted by Gasteiger charge is -2.27.